The molecular formula is C23H20ClNO3. The molecule has 1 aliphatic heterocycles. The molecule has 1 heterocycles. The van der Waals surface area contributed by atoms with Crippen molar-refractivity contribution in [3.63, 3.8) is 0 Å². The van der Waals surface area contributed by atoms with E-state index in [4.69, 9.17) is 21.1 Å². The van der Waals surface area contributed by atoms with Crippen molar-refractivity contribution in [1.82, 2.24) is 0 Å². The Morgan fingerprint density at radius 3 is 2.54 bits per heavy atom. The zero-order valence-corrected chi connectivity index (χ0v) is 16.2. The number of hydrogen-bond donors (Lipinski definition) is 1. The molecule has 4 rings (SSSR count). The second-order valence-corrected chi connectivity index (χ2v) is 7.21. The van der Waals surface area contributed by atoms with E-state index < -0.39 is 11.9 Å². The average Bonchev–Trinajstić information content (AvgIpc) is 2.70. The smallest absolute Gasteiger partial charge is 0.408 e. The highest BCUT2D eigenvalue weighted by molar-refractivity contribution is 6.30. The molecule has 1 aliphatic rings. The summed E-state index contributed by atoms with van der Waals surface area (Å²) in [7, 11) is 0. The highest BCUT2D eigenvalue weighted by Gasteiger charge is 2.45. The van der Waals surface area contributed by atoms with E-state index in [1.54, 1.807) is 12.1 Å². The number of hydrogen-bond acceptors (Lipinski definition) is 3. The molecule has 0 saturated heterocycles. The Morgan fingerprint density at radius 1 is 1.04 bits per heavy atom. The lowest BCUT2D eigenvalue weighted by Crippen LogP contribution is -2.43. The van der Waals surface area contributed by atoms with Gasteiger partial charge in [-0.3, -0.25) is 5.32 Å². The fraction of sp³-hybridized carbons (Fsp3) is 0.174. The third kappa shape index (κ3) is 3.61. The van der Waals surface area contributed by atoms with Crippen molar-refractivity contribution in [2.75, 3.05) is 11.9 Å². The number of carbonyl (C=O) groups is 1. The molecule has 4 nitrogen and oxygen atoms in total. The number of nitrogens with one attached hydrogen (secondary N) is 1. The molecule has 1 unspecified atom stereocenters. The molecule has 142 valence electrons. The van der Waals surface area contributed by atoms with Crippen molar-refractivity contribution in [1.29, 1.82) is 0 Å². The molecule has 3 aromatic carbocycles. The summed E-state index contributed by atoms with van der Waals surface area (Å²) in [5, 5.41) is 3.37. The number of halogens is 1. The van der Waals surface area contributed by atoms with Gasteiger partial charge in [-0.25, -0.2) is 4.79 Å². The van der Waals surface area contributed by atoms with E-state index in [2.05, 4.69) is 5.32 Å². The van der Waals surface area contributed by atoms with Gasteiger partial charge in [-0.2, -0.15) is 0 Å². The predicted octanol–water partition coefficient (Wildman–Crippen LogP) is 5.67. The van der Waals surface area contributed by atoms with Crippen LogP contribution >= 0.6 is 11.6 Å². The molecule has 0 saturated carbocycles. The van der Waals surface area contributed by atoms with Gasteiger partial charge in [0.2, 0.25) is 0 Å². The van der Waals surface area contributed by atoms with Crippen LogP contribution in [0, 0.1) is 6.92 Å². The summed E-state index contributed by atoms with van der Waals surface area (Å²) in [6.07, 6.45) is 0.147. The van der Waals surface area contributed by atoms with Crippen LogP contribution in [0.1, 0.15) is 22.3 Å². The average molecular weight is 394 g/mol. The number of amides is 1. The standard InChI is InChI=1S/C23H20ClNO3/c1-16-7-12-21-20(15-16)23(28-22(26)25-21,18-8-10-19(24)11-9-18)27-14-13-17-5-3-2-4-6-17/h2-12,15H,13-14H2,1H3,(H,25,26). The van der Waals surface area contributed by atoms with Gasteiger partial charge in [0.05, 0.1) is 17.9 Å². The number of aryl methyl sites for hydroxylation is 1. The number of anilines is 1. The minimum atomic E-state index is -1.33. The van der Waals surface area contributed by atoms with Gasteiger partial charge in [0.1, 0.15) is 0 Å². The van der Waals surface area contributed by atoms with Gasteiger partial charge in [0.15, 0.2) is 0 Å². The minimum absolute atomic E-state index is 0.382. The number of fused-ring (bicyclic) bond motifs is 1. The van der Waals surface area contributed by atoms with E-state index in [0.29, 0.717) is 29.3 Å². The molecule has 0 spiro atoms. The second kappa shape index (κ2) is 7.66. The Morgan fingerprint density at radius 2 is 1.79 bits per heavy atom. The molecule has 1 N–H and O–H groups in total. The number of rotatable bonds is 5. The number of benzene rings is 3. The molecule has 5 heteroatoms. The molecule has 3 aromatic rings. The van der Waals surface area contributed by atoms with E-state index in [1.807, 2.05) is 67.6 Å². The molecule has 1 atom stereocenters. The van der Waals surface area contributed by atoms with E-state index in [9.17, 15) is 4.79 Å². The fourth-order valence-electron chi connectivity index (χ4n) is 3.39. The third-order valence-electron chi connectivity index (χ3n) is 4.77. The maximum atomic E-state index is 12.4. The van der Waals surface area contributed by atoms with E-state index in [0.717, 1.165) is 16.7 Å². The van der Waals surface area contributed by atoms with Crippen molar-refractivity contribution < 1.29 is 14.3 Å². The highest BCUT2D eigenvalue weighted by atomic mass is 35.5. The Balaban J connectivity index is 1.75. The van der Waals surface area contributed by atoms with Crippen molar-refractivity contribution in [3.8, 4) is 0 Å². The van der Waals surface area contributed by atoms with Crippen molar-refractivity contribution >= 4 is 23.4 Å². The summed E-state index contributed by atoms with van der Waals surface area (Å²) < 4.78 is 12.1. The van der Waals surface area contributed by atoms with Gasteiger partial charge in [-0.1, -0.05) is 65.7 Å². The highest BCUT2D eigenvalue weighted by Crippen LogP contribution is 2.43. The summed E-state index contributed by atoms with van der Waals surface area (Å²) in [5.41, 5.74) is 4.35. The van der Waals surface area contributed by atoms with Crippen LogP contribution in [0.15, 0.2) is 72.8 Å². The lowest BCUT2D eigenvalue weighted by Gasteiger charge is -2.38. The Hall–Kier alpha value is -2.82. The van der Waals surface area contributed by atoms with Crippen LogP contribution in [-0.2, 0) is 21.7 Å². The van der Waals surface area contributed by atoms with Gasteiger partial charge in [-0.15, -0.1) is 0 Å². The topological polar surface area (TPSA) is 47.6 Å². The molecule has 0 radical (unpaired) electrons. The first-order valence-corrected chi connectivity index (χ1v) is 9.50. The summed E-state index contributed by atoms with van der Waals surface area (Å²) in [5.74, 6) is -1.33. The summed E-state index contributed by atoms with van der Waals surface area (Å²) in [4.78, 5) is 12.4. The van der Waals surface area contributed by atoms with Crippen molar-refractivity contribution in [2.24, 2.45) is 0 Å². The Labute approximate surface area is 169 Å². The molecule has 0 aliphatic carbocycles. The first-order chi connectivity index (χ1) is 13.6. The van der Waals surface area contributed by atoms with Gasteiger partial charge in [0, 0.05) is 10.6 Å². The van der Waals surface area contributed by atoms with Crippen LogP contribution in [-0.4, -0.2) is 12.7 Å². The van der Waals surface area contributed by atoms with Gasteiger partial charge < -0.3 is 9.47 Å². The minimum Gasteiger partial charge on any atom is -0.408 e. The lowest BCUT2D eigenvalue weighted by molar-refractivity contribution is -0.179. The first-order valence-electron chi connectivity index (χ1n) is 9.12. The predicted molar refractivity (Wildman–Crippen MR) is 110 cm³/mol. The lowest BCUT2D eigenvalue weighted by atomic mass is 9.93. The van der Waals surface area contributed by atoms with Crippen LogP contribution in [0.5, 0.6) is 0 Å². The van der Waals surface area contributed by atoms with Gasteiger partial charge in [-0.05, 0) is 43.2 Å². The largest absolute Gasteiger partial charge is 0.414 e. The van der Waals surface area contributed by atoms with E-state index >= 15 is 0 Å². The molecule has 28 heavy (non-hydrogen) atoms. The van der Waals surface area contributed by atoms with Crippen molar-refractivity contribution in [3.05, 3.63) is 100 Å². The second-order valence-electron chi connectivity index (χ2n) is 6.77. The Kier molecular flexibility index (Phi) is 5.07. The quantitative estimate of drug-likeness (QED) is 0.607. The van der Waals surface area contributed by atoms with E-state index in [-0.39, 0.29) is 0 Å². The van der Waals surface area contributed by atoms with Crippen LogP contribution in [0.2, 0.25) is 5.02 Å². The first kappa shape index (κ1) is 18.5. The van der Waals surface area contributed by atoms with E-state index in [1.165, 1.54) is 0 Å². The molecule has 0 aromatic heterocycles. The molecular weight excluding hydrogens is 374 g/mol. The third-order valence-corrected chi connectivity index (χ3v) is 5.02. The number of carbonyl (C=O) groups excluding carboxylic acids is 1. The van der Waals surface area contributed by atoms with Crippen molar-refractivity contribution in [2.45, 2.75) is 19.1 Å². The summed E-state index contributed by atoms with van der Waals surface area (Å²) >= 11 is 6.07. The van der Waals surface area contributed by atoms with Gasteiger partial charge in [0.25, 0.3) is 5.79 Å². The summed E-state index contributed by atoms with van der Waals surface area (Å²) in [6.45, 7) is 2.38. The fourth-order valence-corrected chi connectivity index (χ4v) is 3.52. The normalized spacial score (nSPS) is 18.1. The van der Waals surface area contributed by atoms with Crippen LogP contribution in [0.3, 0.4) is 0 Å². The van der Waals surface area contributed by atoms with Crippen LogP contribution < -0.4 is 5.32 Å². The van der Waals surface area contributed by atoms with Gasteiger partial charge >= 0.3 is 6.09 Å². The number of cyclic esters (lactones) is 1. The van der Waals surface area contributed by atoms with Crippen LogP contribution in [0.25, 0.3) is 0 Å². The number of ether oxygens (including phenoxy) is 2. The monoisotopic (exact) mass is 393 g/mol. The molecule has 1 amide bonds. The van der Waals surface area contributed by atoms with Crippen LogP contribution in [0.4, 0.5) is 10.5 Å². The maximum Gasteiger partial charge on any atom is 0.414 e. The zero-order valence-electron chi connectivity index (χ0n) is 15.4. The molecule has 0 fully saturated rings. The maximum absolute atomic E-state index is 12.4. The summed E-state index contributed by atoms with van der Waals surface area (Å²) in [6, 6.07) is 23.0. The Bertz CT molecular complexity index is 988. The molecule has 0 bridgehead atoms. The SMILES string of the molecule is Cc1ccc2c(c1)C(OCCc1ccccc1)(c1ccc(Cl)cc1)OC(=O)N2. The zero-order chi connectivity index (χ0) is 19.6.